The Morgan fingerprint density at radius 1 is 1.13 bits per heavy atom. The Balaban J connectivity index is 2.21. The summed E-state index contributed by atoms with van der Waals surface area (Å²) in [5, 5.41) is 1.10. The van der Waals surface area contributed by atoms with Gasteiger partial charge in [0.2, 0.25) is 0 Å². The van der Waals surface area contributed by atoms with Crippen LogP contribution in [0.15, 0.2) is 53.2 Å². The van der Waals surface area contributed by atoms with Crippen molar-refractivity contribution in [1.29, 1.82) is 0 Å². The summed E-state index contributed by atoms with van der Waals surface area (Å²) in [5.41, 5.74) is 1.91. The van der Waals surface area contributed by atoms with Gasteiger partial charge in [0, 0.05) is 23.3 Å². The van der Waals surface area contributed by atoms with Crippen LogP contribution in [-0.2, 0) is 0 Å². The lowest BCUT2D eigenvalue weighted by atomic mass is 10.2. The summed E-state index contributed by atoms with van der Waals surface area (Å²) >= 11 is 0. The van der Waals surface area contributed by atoms with E-state index in [0.29, 0.717) is 0 Å². The van der Waals surface area contributed by atoms with Crippen LogP contribution in [0, 0.1) is 6.07 Å². The maximum Gasteiger partial charge on any atom is 0.135 e. The van der Waals surface area contributed by atoms with Gasteiger partial charge in [-0.05, 0) is 30.3 Å². The third-order valence-corrected chi connectivity index (χ3v) is 2.33. The fraction of sp³-hybridized carbons (Fsp3) is 0. The molecule has 15 heavy (non-hydrogen) atoms. The highest BCUT2D eigenvalue weighted by atomic mass is 16.3. The molecule has 0 aliphatic heterocycles. The molecular weight excluding hydrogens is 186 g/mol. The third kappa shape index (κ3) is 1.40. The van der Waals surface area contributed by atoms with Crippen molar-refractivity contribution in [2.45, 2.75) is 0 Å². The van der Waals surface area contributed by atoms with Crippen LogP contribution in [0.5, 0.6) is 0 Å². The molecule has 71 valence electrons. The molecule has 0 bridgehead atoms. The molecule has 0 N–H and O–H groups in total. The van der Waals surface area contributed by atoms with E-state index in [4.69, 9.17) is 4.42 Å². The molecule has 2 aromatic heterocycles. The van der Waals surface area contributed by atoms with Gasteiger partial charge < -0.3 is 4.42 Å². The highest BCUT2D eigenvalue weighted by molar-refractivity contribution is 5.82. The Morgan fingerprint density at radius 3 is 2.80 bits per heavy atom. The van der Waals surface area contributed by atoms with Gasteiger partial charge in [-0.3, -0.25) is 4.98 Å². The molecule has 3 rings (SSSR count). The van der Waals surface area contributed by atoms with Gasteiger partial charge in [-0.1, -0.05) is 12.1 Å². The van der Waals surface area contributed by atoms with Crippen LogP contribution in [0.3, 0.4) is 0 Å². The zero-order valence-corrected chi connectivity index (χ0v) is 7.97. The summed E-state index contributed by atoms with van der Waals surface area (Å²) in [7, 11) is 0. The summed E-state index contributed by atoms with van der Waals surface area (Å²) in [6.45, 7) is 0. The van der Waals surface area contributed by atoms with Gasteiger partial charge in [0.25, 0.3) is 0 Å². The van der Waals surface area contributed by atoms with E-state index in [1.165, 1.54) is 0 Å². The quantitative estimate of drug-likeness (QED) is 0.594. The predicted molar refractivity (Wildman–Crippen MR) is 58.3 cm³/mol. The van der Waals surface area contributed by atoms with E-state index in [0.717, 1.165) is 22.3 Å². The Morgan fingerprint density at radius 2 is 2.00 bits per heavy atom. The van der Waals surface area contributed by atoms with Gasteiger partial charge in [0.1, 0.15) is 11.3 Å². The van der Waals surface area contributed by atoms with Crippen LogP contribution in [0.2, 0.25) is 0 Å². The maximum absolute atomic E-state index is 5.70. The Bertz CT molecular complexity index is 551. The number of aromatic nitrogens is 1. The largest absolute Gasteiger partial charge is 0.456 e. The van der Waals surface area contributed by atoms with E-state index in [1.54, 1.807) is 12.4 Å². The molecule has 2 heterocycles. The number of furan rings is 1. The molecule has 0 saturated carbocycles. The van der Waals surface area contributed by atoms with Crippen molar-refractivity contribution < 1.29 is 4.42 Å². The molecular formula is C13H8NO. The van der Waals surface area contributed by atoms with Crippen LogP contribution >= 0.6 is 0 Å². The zero-order valence-electron chi connectivity index (χ0n) is 7.97. The number of hydrogen-bond donors (Lipinski definition) is 0. The zero-order chi connectivity index (χ0) is 10.1. The van der Waals surface area contributed by atoms with E-state index < -0.39 is 0 Å². The van der Waals surface area contributed by atoms with Crippen LogP contribution in [0.4, 0.5) is 0 Å². The lowest BCUT2D eigenvalue weighted by Crippen LogP contribution is -1.72. The van der Waals surface area contributed by atoms with E-state index in [1.807, 2.05) is 36.4 Å². The first-order valence-corrected chi connectivity index (χ1v) is 4.73. The summed E-state index contributed by atoms with van der Waals surface area (Å²) < 4.78 is 5.70. The molecule has 0 amide bonds. The summed E-state index contributed by atoms with van der Waals surface area (Å²) in [4.78, 5) is 3.98. The van der Waals surface area contributed by atoms with Gasteiger partial charge in [0.15, 0.2) is 0 Å². The topological polar surface area (TPSA) is 26.0 Å². The van der Waals surface area contributed by atoms with Crippen molar-refractivity contribution in [2.75, 3.05) is 0 Å². The molecule has 0 saturated heterocycles. The summed E-state index contributed by atoms with van der Waals surface area (Å²) in [5.74, 6) is 0.868. The van der Waals surface area contributed by atoms with Crippen molar-refractivity contribution in [2.24, 2.45) is 0 Å². The van der Waals surface area contributed by atoms with Gasteiger partial charge in [-0.25, -0.2) is 0 Å². The minimum atomic E-state index is 0.865. The number of fused-ring (bicyclic) bond motifs is 1. The predicted octanol–water partition coefficient (Wildman–Crippen LogP) is 3.29. The van der Waals surface area contributed by atoms with E-state index in [2.05, 4.69) is 11.1 Å². The molecule has 1 aromatic carbocycles. The van der Waals surface area contributed by atoms with Gasteiger partial charge in [-0.15, -0.1) is 0 Å². The normalized spacial score (nSPS) is 10.7. The molecule has 1 radical (unpaired) electrons. The maximum atomic E-state index is 5.70. The minimum absolute atomic E-state index is 0.865. The second kappa shape index (κ2) is 3.24. The van der Waals surface area contributed by atoms with E-state index in [9.17, 15) is 0 Å². The summed E-state index contributed by atoms with van der Waals surface area (Å²) in [6.07, 6.45) is 3.52. The number of hydrogen-bond acceptors (Lipinski definition) is 2. The van der Waals surface area contributed by atoms with Crippen molar-refractivity contribution in [1.82, 2.24) is 4.98 Å². The molecule has 0 unspecified atom stereocenters. The molecule has 3 aromatic rings. The fourth-order valence-corrected chi connectivity index (χ4v) is 1.58. The van der Waals surface area contributed by atoms with E-state index >= 15 is 0 Å². The van der Waals surface area contributed by atoms with Crippen LogP contribution < -0.4 is 0 Å². The molecule has 0 atom stereocenters. The van der Waals surface area contributed by atoms with Crippen molar-refractivity contribution in [3.8, 4) is 11.3 Å². The molecule has 0 aliphatic carbocycles. The summed E-state index contributed by atoms with van der Waals surface area (Å²) in [6, 6.07) is 14.6. The molecule has 0 aliphatic rings. The second-order valence-corrected chi connectivity index (χ2v) is 3.31. The smallest absolute Gasteiger partial charge is 0.135 e. The number of benzene rings is 1. The van der Waals surface area contributed by atoms with E-state index in [-0.39, 0.29) is 0 Å². The van der Waals surface area contributed by atoms with Crippen LogP contribution in [0.25, 0.3) is 22.3 Å². The highest BCUT2D eigenvalue weighted by Crippen LogP contribution is 2.26. The molecule has 0 spiro atoms. The average molecular weight is 194 g/mol. The van der Waals surface area contributed by atoms with Crippen molar-refractivity contribution in [3.63, 3.8) is 0 Å². The van der Waals surface area contributed by atoms with Crippen molar-refractivity contribution in [3.05, 3.63) is 54.9 Å². The SMILES string of the molecule is [c]1ccc2cc(-c3ccncc3)oc2c1. The van der Waals surface area contributed by atoms with Crippen molar-refractivity contribution >= 4 is 11.0 Å². The minimum Gasteiger partial charge on any atom is -0.456 e. The van der Waals surface area contributed by atoms with Crippen LogP contribution in [0.1, 0.15) is 0 Å². The fourth-order valence-electron chi connectivity index (χ4n) is 1.58. The van der Waals surface area contributed by atoms with Crippen LogP contribution in [-0.4, -0.2) is 4.98 Å². The Kier molecular flexibility index (Phi) is 1.78. The number of pyridine rings is 1. The first-order valence-electron chi connectivity index (χ1n) is 4.73. The highest BCUT2D eigenvalue weighted by Gasteiger charge is 2.04. The monoisotopic (exact) mass is 194 g/mol. The lowest BCUT2D eigenvalue weighted by Gasteiger charge is -1.92. The number of rotatable bonds is 1. The molecule has 2 heteroatoms. The first-order chi connectivity index (χ1) is 7.43. The molecule has 2 nitrogen and oxygen atoms in total. The first kappa shape index (κ1) is 8.24. The standard InChI is InChI=1S/C13H8NO/c1-2-4-12-11(3-1)9-13(15-12)10-5-7-14-8-6-10/h1,3-9H. The second-order valence-electron chi connectivity index (χ2n) is 3.31. The Hall–Kier alpha value is -2.09. The average Bonchev–Trinajstić information content (AvgIpc) is 2.74. The van der Waals surface area contributed by atoms with Gasteiger partial charge in [-0.2, -0.15) is 0 Å². The molecule has 0 fully saturated rings. The lowest BCUT2D eigenvalue weighted by molar-refractivity contribution is 0.631. The number of nitrogens with zero attached hydrogens (tertiary/aromatic N) is 1. The third-order valence-electron chi connectivity index (χ3n) is 2.33. The van der Waals surface area contributed by atoms with Gasteiger partial charge >= 0.3 is 0 Å². The van der Waals surface area contributed by atoms with Gasteiger partial charge in [0.05, 0.1) is 0 Å². The Labute approximate surface area is 87.2 Å².